The molecule has 1 unspecified atom stereocenters. The lowest BCUT2D eigenvalue weighted by molar-refractivity contribution is -0.00805. The highest BCUT2D eigenvalue weighted by atomic mass is 127. The van der Waals surface area contributed by atoms with Crippen molar-refractivity contribution in [1.29, 1.82) is 0 Å². The van der Waals surface area contributed by atoms with Gasteiger partial charge < -0.3 is 24.8 Å². The third-order valence-corrected chi connectivity index (χ3v) is 5.87. The molecule has 0 amide bonds. The molecule has 0 bridgehead atoms. The van der Waals surface area contributed by atoms with Crippen molar-refractivity contribution in [2.24, 2.45) is 12.0 Å². The molecule has 2 fully saturated rings. The lowest BCUT2D eigenvalue weighted by Crippen LogP contribution is -2.48. The lowest BCUT2D eigenvalue weighted by Gasteiger charge is -2.35. The molecule has 2 aromatic heterocycles. The van der Waals surface area contributed by atoms with Crippen LogP contribution in [-0.4, -0.2) is 90.0 Å². The maximum Gasteiger partial charge on any atom is 0.194 e. The van der Waals surface area contributed by atoms with Gasteiger partial charge >= 0.3 is 0 Å². The number of aryl methyl sites for hydroxylation is 1. The second kappa shape index (κ2) is 11.8. The summed E-state index contributed by atoms with van der Waals surface area (Å²) in [6.07, 6.45) is 5.80. The SMILES string of the molecule is CCNC(=NCc1cccnc1N1CCN(C)CC1)N1CCOC(c2cnn(C)c2)C1.I. The van der Waals surface area contributed by atoms with Gasteiger partial charge in [-0.05, 0) is 20.0 Å². The van der Waals surface area contributed by atoms with Gasteiger partial charge in [0, 0.05) is 69.8 Å². The number of piperazine rings is 1. The number of halogens is 1. The molecule has 2 aliphatic rings. The molecule has 1 atom stereocenters. The second-order valence-electron chi connectivity index (χ2n) is 8.20. The van der Waals surface area contributed by atoms with Crippen molar-refractivity contribution in [1.82, 2.24) is 29.9 Å². The number of anilines is 1. The van der Waals surface area contributed by atoms with Crippen LogP contribution in [-0.2, 0) is 18.3 Å². The van der Waals surface area contributed by atoms with E-state index < -0.39 is 0 Å². The Kier molecular flexibility index (Phi) is 9.11. The number of ether oxygens (including phenoxy) is 1. The van der Waals surface area contributed by atoms with E-state index in [1.54, 1.807) is 0 Å². The predicted molar refractivity (Wildman–Crippen MR) is 138 cm³/mol. The van der Waals surface area contributed by atoms with Crippen molar-refractivity contribution in [3.63, 3.8) is 0 Å². The molecule has 0 aromatic carbocycles. The Morgan fingerprint density at radius 3 is 2.75 bits per heavy atom. The fraction of sp³-hybridized carbons (Fsp3) is 0.591. The summed E-state index contributed by atoms with van der Waals surface area (Å²) in [7, 11) is 4.10. The number of guanidine groups is 1. The number of pyridine rings is 1. The van der Waals surface area contributed by atoms with E-state index in [2.05, 4.69) is 45.2 Å². The summed E-state index contributed by atoms with van der Waals surface area (Å²) < 4.78 is 7.83. The van der Waals surface area contributed by atoms with E-state index >= 15 is 0 Å². The van der Waals surface area contributed by atoms with Crippen molar-refractivity contribution in [3.05, 3.63) is 41.9 Å². The van der Waals surface area contributed by atoms with E-state index in [1.807, 2.05) is 36.4 Å². The summed E-state index contributed by atoms with van der Waals surface area (Å²) >= 11 is 0. The minimum Gasteiger partial charge on any atom is -0.370 e. The van der Waals surface area contributed by atoms with Crippen LogP contribution in [0.4, 0.5) is 5.82 Å². The van der Waals surface area contributed by atoms with Crippen LogP contribution in [0.1, 0.15) is 24.2 Å². The Bertz CT molecular complexity index is 880. The maximum absolute atomic E-state index is 6.01. The number of nitrogens with zero attached hydrogens (tertiary/aromatic N) is 7. The average molecular weight is 554 g/mol. The number of aromatic nitrogens is 3. The van der Waals surface area contributed by atoms with Gasteiger partial charge in [0.15, 0.2) is 5.96 Å². The number of aliphatic imine (C=N–C) groups is 1. The molecule has 0 saturated carbocycles. The van der Waals surface area contributed by atoms with Gasteiger partial charge in [-0.2, -0.15) is 5.10 Å². The molecule has 32 heavy (non-hydrogen) atoms. The molecule has 2 aromatic rings. The Balaban J connectivity index is 0.00000289. The Hall–Kier alpha value is -1.92. The first-order chi connectivity index (χ1) is 15.1. The molecule has 10 heteroatoms. The van der Waals surface area contributed by atoms with Gasteiger partial charge in [0.05, 0.1) is 25.9 Å². The third kappa shape index (κ3) is 6.10. The molecule has 0 aliphatic carbocycles. The fourth-order valence-electron chi connectivity index (χ4n) is 4.09. The summed E-state index contributed by atoms with van der Waals surface area (Å²) in [5.41, 5.74) is 2.27. The number of hydrogen-bond donors (Lipinski definition) is 1. The number of hydrogen-bond acceptors (Lipinski definition) is 6. The fourth-order valence-corrected chi connectivity index (χ4v) is 4.09. The normalized spacial score (nSPS) is 20.2. The number of morpholine rings is 1. The van der Waals surface area contributed by atoms with Crippen LogP contribution in [0.3, 0.4) is 0 Å². The number of likely N-dealkylation sites (N-methyl/N-ethyl adjacent to an activating group) is 1. The summed E-state index contributed by atoms with van der Waals surface area (Å²) in [5, 5.41) is 7.75. The van der Waals surface area contributed by atoms with Crippen molar-refractivity contribution in [2.45, 2.75) is 19.6 Å². The third-order valence-electron chi connectivity index (χ3n) is 5.87. The first-order valence-electron chi connectivity index (χ1n) is 11.1. The lowest BCUT2D eigenvalue weighted by atomic mass is 10.1. The topological polar surface area (TPSA) is 74.1 Å². The molecule has 1 N–H and O–H groups in total. The molecule has 2 aliphatic heterocycles. The molecule has 176 valence electrons. The van der Waals surface area contributed by atoms with Crippen LogP contribution in [0.2, 0.25) is 0 Å². The van der Waals surface area contributed by atoms with Gasteiger partial charge in [0.2, 0.25) is 0 Å². The minimum absolute atomic E-state index is 0. The molecule has 4 rings (SSSR count). The van der Waals surface area contributed by atoms with E-state index in [9.17, 15) is 0 Å². The van der Waals surface area contributed by atoms with Gasteiger partial charge in [-0.15, -0.1) is 24.0 Å². The van der Waals surface area contributed by atoms with E-state index in [-0.39, 0.29) is 30.1 Å². The highest BCUT2D eigenvalue weighted by molar-refractivity contribution is 14.0. The van der Waals surface area contributed by atoms with Crippen molar-refractivity contribution < 1.29 is 4.74 Å². The Morgan fingerprint density at radius 2 is 2.03 bits per heavy atom. The van der Waals surface area contributed by atoms with Crippen LogP contribution in [0.5, 0.6) is 0 Å². The zero-order valence-electron chi connectivity index (χ0n) is 19.3. The van der Waals surface area contributed by atoms with Gasteiger partial charge in [-0.25, -0.2) is 9.98 Å². The zero-order valence-corrected chi connectivity index (χ0v) is 21.6. The minimum atomic E-state index is 0. The monoisotopic (exact) mass is 554 g/mol. The average Bonchev–Trinajstić information content (AvgIpc) is 3.24. The Morgan fingerprint density at radius 1 is 1.22 bits per heavy atom. The molecule has 0 spiro atoms. The van der Waals surface area contributed by atoms with E-state index in [4.69, 9.17) is 14.7 Å². The molecular weight excluding hydrogens is 519 g/mol. The largest absolute Gasteiger partial charge is 0.370 e. The van der Waals surface area contributed by atoms with Crippen LogP contribution in [0.25, 0.3) is 0 Å². The molecule has 0 radical (unpaired) electrons. The highest BCUT2D eigenvalue weighted by Crippen LogP contribution is 2.23. The van der Waals surface area contributed by atoms with Crippen molar-refractivity contribution in [2.75, 3.05) is 64.4 Å². The van der Waals surface area contributed by atoms with Gasteiger partial charge in [-0.3, -0.25) is 4.68 Å². The summed E-state index contributed by atoms with van der Waals surface area (Å²) in [6.45, 7) is 9.91. The molecule has 4 heterocycles. The number of rotatable bonds is 5. The van der Waals surface area contributed by atoms with Crippen LogP contribution in [0, 0.1) is 0 Å². The quantitative estimate of drug-likeness (QED) is 0.343. The van der Waals surface area contributed by atoms with Gasteiger partial charge in [0.25, 0.3) is 0 Å². The van der Waals surface area contributed by atoms with Gasteiger partial charge in [0.1, 0.15) is 11.9 Å². The molecule has 9 nitrogen and oxygen atoms in total. The summed E-state index contributed by atoms with van der Waals surface area (Å²) in [6, 6.07) is 4.15. The van der Waals surface area contributed by atoms with E-state index in [1.165, 1.54) is 5.56 Å². The standard InChI is InChI=1S/C22H34N8O.HI/c1-4-23-22(30-12-13-31-20(17-30)19-15-26-28(3)16-19)25-14-18-6-5-7-24-21(18)29-10-8-27(2)9-11-29;/h5-7,15-16,20H,4,8-14,17H2,1-3H3,(H,23,25);1H. The van der Waals surface area contributed by atoms with Crippen molar-refractivity contribution >= 4 is 35.8 Å². The molecule has 2 saturated heterocycles. The van der Waals surface area contributed by atoms with Crippen LogP contribution < -0.4 is 10.2 Å². The predicted octanol–water partition coefficient (Wildman–Crippen LogP) is 1.72. The Labute approximate surface area is 207 Å². The summed E-state index contributed by atoms with van der Waals surface area (Å²) in [4.78, 5) is 16.7. The summed E-state index contributed by atoms with van der Waals surface area (Å²) in [5.74, 6) is 1.98. The van der Waals surface area contributed by atoms with E-state index in [0.717, 1.165) is 63.2 Å². The van der Waals surface area contributed by atoms with Crippen LogP contribution >= 0.6 is 24.0 Å². The highest BCUT2D eigenvalue weighted by Gasteiger charge is 2.25. The smallest absolute Gasteiger partial charge is 0.194 e. The molecular formula is C22H35IN8O. The first-order valence-corrected chi connectivity index (χ1v) is 11.1. The van der Waals surface area contributed by atoms with E-state index in [0.29, 0.717) is 13.2 Å². The van der Waals surface area contributed by atoms with Gasteiger partial charge in [-0.1, -0.05) is 6.07 Å². The number of nitrogens with one attached hydrogen (secondary N) is 1. The van der Waals surface area contributed by atoms with Crippen molar-refractivity contribution in [3.8, 4) is 0 Å². The van der Waals surface area contributed by atoms with Crippen LogP contribution in [0.15, 0.2) is 35.7 Å². The zero-order chi connectivity index (χ0) is 21.6. The first kappa shape index (κ1) is 24.7. The maximum atomic E-state index is 6.01. The second-order valence-corrected chi connectivity index (χ2v) is 8.20.